The van der Waals surface area contributed by atoms with E-state index in [1.165, 1.54) is 7.11 Å². The van der Waals surface area contributed by atoms with E-state index in [2.05, 4.69) is 13.8 Å². The van der Waals surface area contributed by atoms with Gasteiger partial charge in [0, 0.05) is 18.9 Å². The van der Waals surface area contributed by atoms with Gasteiger partial charge in [0.05, 0.1) is 6.10 Å². The number of ketones is 2. The molecule has 4 aliphatic rings. The van der Waals surface area contributed by atoms with Crippen LogP contribution in [0.1, 0.15) is 59.3 Å². The molecule has 2 N–H and O–H groups in total. The largest absolute Gasteiger partial charge is 0.449 e. The highest BCUT2D eigenvalue weighted by Crippen LogP contribution is 2.69. The number of ether oxygens (including phenoxy) is 2. The van der Waals surface area contributed by atoms with Gasteiger partial charge >= 0.3 is 5.97 Å². The Labute approximate surface area is 189 Å². The van der Waals surface area contributed by atoms with Crippen LogP contribution in [0.15, 0.2) is 11.6 Å². The standard InChI is InChI=1S/C25H36O7/c1-14-9-16-17-6-8-25(20(29)12-26,32-21(30)13-31-4)24(17,3)11-19(28)22(16)23(2)7-5-15(27)10-18(14)23/h10,14,16-17,19,22,26,28H,5-9,11-13H2,1-4H3/t14?,16-,17-,19?,22+,23-,24-,25-/m0/s1. The Hall–Kier alpha value is -1.57. The Morgan fingerprint density at radius 1 is 1.25 bits per heavy atom. The minimum absolute atomic E-state index is 0.00849. The second-order valence-corrected chi connectivity index (χ2v) is 11.0. The van der Waals surface area contributed by atoms with Gasteiger partial charge in [0.2, 0.25) is 5.78 Å². The summed E-state index contributed by atoms with van der Waals surface area (Å²) in [5.41, 5.74) is -1.34. The molecule has 3 fully saturated rings. The van der Waals surface area contributed by atoms with Crippen LogP contribution in [0.4, 0.5) is 0 Å². The number of esters is 1. The molecule has 0 amide bonds. The third-order valence-electron chi connectivity index (χ3n) is 9.48. The molecule has 0 aromatic heterocycles. The average molecular weight is 449 g/mol. The molecule has 7 nitrogen and oxygen atoms in total. The molecule has 2 unspecified atom stereocenters. The predicted molar refractivity (Wildman–Crippen MR) is 115 cm³/mol. The normalized spacial score (nSPS) is 45.4. The van der Waals surface area contributed by atoms with E-state index in [4.69, 9.17) is 9.47 Å². The molecule has 0 spiro atoms. The second kappa shape index (κ2) is 8.03. The van der Waals surface area contributed by atoms with Crippen LogP contribution < -0.4 is 0 Å². The SMILES string of the molecule is COCC(=O)O[C@]1(C(=O)CO)CC[C@H]2[C@@H]3CC(C)C4=CC(=O)CC[C@]4(C)[C@H]3C(O)C[C@@]21C. The first-order chi connectivity index (χ1) is 15.0. The molecular weight excluding hydrogens is 412 g/mol. The zero-order valence-electron chi connectivity index (χ0n) is 19.6. The molecule has 4 aliphatic carbocycles. The number of carbonyl (C=O) groups is 3. The highest BCUT2D eigenvalue weighted by molar-refractivity contribution is 5.92. The second-order valence-electron chi connectivity index (χ2n) is 11.0. The lowest BCUT2D eigenvalue weighted by Gasteiger charge is -2.62. The van der Waals surface area contributed by atoms with Crippen LogP contribution in [0.2, 0.25) is 0 Å². The van der Waals surface area contributed by atoms with Gasteiger partial charge in [-0.3, -0.25) is 9.59 Å². The van der Waals surface area contributed by atoms with Crippen molar-refractivity contribution in [1.29, 1.82) is 0 Å². The van der Waals surface area contributed by atoms with Crippen molar-refractivity contribution in [3.05, 3.63) is 11.6 Å². The van der Waals surface area contributed by atoms with Crippen molar-refractivity contribution in [2.75, 3.05) is 20.3 Å². The van der Waals surface area contributed by atoms with Crippen LogP contribution in [0.3, 0.4) is 0 Å². The number of carbonyl (C=O) groups excluding carboxylic acids is 3. The number of hydrogen-bond donors (Lipinski definition) is 2. The average Bonchev–Trinajstić information content (AvgIpc) is 3.01. The fourth-order valence-electron chi connectivity index (χ4n) is 8.26. The molecule has 4 rings (SSSR count). The van der Waals surface area contributed by atoms with Crippen molar-refractivity contribution in [2.45, 2.75) is 71.0 Å². The molecule has 3 saturated carbocycles. The molecule has 7 heteroatoms. The van der Waals surface area contributed by atoms with E-state index >= 15 is 0 Å². The van der Waals surface area contributed by atoms with Crippen LogP contribution in [-0.2, 0) is 23.9 Å². The first-order valence-electron chi connectivity index (χ1n) is 11.8. The summed E-state index contributed by atoms with van der Waals surface area (Å²) in [6, 6.07) is 0. The maximum atomic E-state index is 13.1. The zero-order valence-corrected chi connectivity index (χ0v) is 19.6. The highest BCUT2D eigenvalue weighted by atomic mass is 16.6. The Morgan fingerprint density at radius 2 is 1.97 bits per heavy atom. The molecule has 178 valence electrons. The Morgan fingerprint density at radius 3 is 2.62 bits per heavy atom. The van der Waals surface area contributed by atoms with Crippen LogP contribution >= 0.6 is 0 Å². The van der Waals surface area contributed by atoms with Crippen molar-refractivity contribution in [3.63, 3.8) is 0 Å². The summed E-state index contributed by atoms with van der Waals surface area (Å²) < 4.78 is 10.7. The van der Waals surface area contributed by atoms with Gasteiger partial charge < -0.3 is 19.7 Å². The van der Waals surface area contributed by atoms with Gasteiger partial charge in [-0.25, -0.2) is 4.79 Å². The highest BCUT2D eigenvalue weighted by Gasteiger charge is 2.70. The van der Waals surface area contributed by atoms with E-state index in [0.29, 0.717) is 25.7 Å². The number of aliphatic hydroxyl groups excluding tert-OH is 2. The molecule has 0 radical (unpaired) electrons. The number of methoxy groups -OCH3 is 1. The molecule has 0 bridgehead atoms. The maximum Gasteiger partial charge on any atom is 0.333 e. The van der Waals surface area contributed by atoms with Crippen molar-refractivity contribution in [1.82, 2.24) is 0 Å². The first kappa shape index (κ1) is 23.6. The summed E-state index contributed by atoms with van der Waals surface area (Å²) in [5, 5.41) is 21.3. The van der Waals surface area contributed by atoms with Crippen molar-refractivity contribution < 1.29 is 34.1 Å². The molecular formula is C25H36O7. The third kappa shape index (κ3) is 3.15. The minimum atomic E-state index is -1.46. The van der Waals surface area contributed by atoms with Gasteiger partial charge in [0.25, 0.3) is 0 Å². The van der Waals surface area contributed by atoms with Crippen LogP contribution in [0, 0.1) is 34.5 Å². The Bertz CT molecular complexity index is 849. The van der Waals surface area contributed by atoms with Crippen molar-refractivity contribution in [2.24, 2.45) is 34.5 Å². The molecule has 32 heavy (non-hydrogen) atoms. The first-order valence-corrected chi connectivity index (χ1v) is 11.8. The van der Waals surface area contributed by atoms with E-state index < -0.39 is 35.5 Å². The lowest BCUT2D eigenvalue weighted by atomic mass is 9.44. The van der Waals surface area contributed by atoms with Gasteiger partial charge in [0.15, 0.2) is 11.4 Å². The minimum Gasteiger partial charge on any atom is -0.449 e. The molecule has 0 aliphatic heterocycles. The van der Waals surface area contributed by atoms with Crippen molar-refractivity contribution in [3.8, 4) is 0 Å². The number of fused-ring (bicyclic) bond motifs is 5. The summed E-state index contributed by atoms with van der Waals surface area (Å²) in [6.45, 7) is 5.30. The van der Waals surface area contributed by atoms with Gasteiger partial charge in [-0.05, 0) is 67.3 Å². The third-order valence-corrected chi connectivity index (χ3v) is 9.48. The quantitative estimate of drug-likeness (QED) is 0.621. The zero-order chi connectivity index (χ0) is 23.5. The maximum absolute atomic E-state index is 13.1. The fraction of sp³-hybridized carbons (Fsp3) is 0.800. The van der Waals surface area contributed by atoms with Crippen molar-refractivity contribution >= 4 is 17.5 Å². The van der Waals surface area contributed by atoms with Gasteiger partial charge in [-0.2, -0.15) is 0 Å². The van der Waals surface area contributed by atoms with E-state index in [-0.39, 0.29) is 41.5 Å². The topological polar surface area (TPSA) is 110 Å². The molecule has 0 heterocycles. The Balaban J connectivity index is 1.76. The molecule has 0 saturated heterocycles. The van der Waals surface area contributed by atoms with E-state index in [0.717, 1.165) is 18.4 Å². The number of Topliss-reactive ketones (excluding diaryl/α,β-unsaturated/α-hetero) is 1. The summed E-state index contributed by atoms with van der Waals surface area (Å²) in [7, 11) is 1.39. The molecule has 0 aromatic carbocycles. The van der Waals surface area contributed by atoms with E-state index in [1.54, 1.807) is 0 Å². The summed E-state index contributed by atoms with van der Waals surface area (Å²) in [4.78, 5) is 37.7. The van der Waals surface area contributed by atoms with E-state index in [1.807, 2.05) is 13.0 Å². The fourth-order valence-corrected chi connectivity index (χ4v) is 8.26. The summed E-state index contributed by atoms with van der Waals surface area (Å²) in [6.07, 6.45) is 4.51. The summed E-state index contributed by atoms with van der Waals surface area (Å²) >= 11 is 0. The predicted octanol–water partition coefficient (Wildman–Crippen LogP) is 2.22. The molecule has 8 atom stereocenters. The number of rotatable bonds is 5. The summed E-state index contributed by atoms with van der Waals surface area (Å²) in [5.74, 6) is -0.560. The number of hydrogen-bond acceptors (Lipinski definition) is 7. The van der Waals surface area contributed by atoms with Gasteiger partial charge in [-0.15, -0.1) is 0 Å². The van der Waals surface area contributed by atoms with Crippen LogP contribution in [0.5, 0.6) is 0 Å². The van der Waals surface area contributed by atoms with E-state index in [9.17, 15) is 24.6 Å². The Kier molecular flexibility index (Phi) is 5.92. The number of allylic oxidation sites excluding steroid dienone is 1. The lowest BCUT2D eigenvalue weighted by molar-refractivity contribution is -0.205. The number of aliphatic hydroxyl groups is 2. The smallest absolute Gasteiger partial charge is 0.333 e. The van der Waals surface area contributed by atoms with Gasteiger partial charge in [-0.1, -0.05) is 26.3 Å². The van der Waals surface area contributed by atoms with Gasteiger partial charge in [0.1, 0.15) is 13.2 Å². The lowest BCUT2D eigenvalue weighted by Crippen LogP contribution is -2.64. The van der Waals surface area contributed by atoms with Crippen LogP contribution in [0.25, 0.3) is 0 Å². The monoisotopic (exact) mass is 448 g/mol. The molecule has 0 aromatic rings. The van der Waals surface area contributed by atoms with Crippen LogP contribution in [-0.4, -0.2) is 59.8 Å².